The second-order valence-electron chi connectivity index (χ2n) is 7.98. The highest BCUT2D eigenvalue weighted by molar-refractivity contribution is 5.87. The van der Waals surface area contributed by atoms with Gasteiger partial charge >= 0.3 is 0 Å². The van der Waals surface area contributed by atoms with Gasteiger partial charge in [-0.05, 0) is 43.2 Å². The summed E-state index contributed by atoms with van der Waals surface area (Å²) in [6.07, 6.45) is 6.47. The van der Waals surface area contributed by atoms with Gasteiger partial charge in [0.1, 0.15) is 5.82 Å². The van der Waals surface area contributed by atoms with Gasteiger partial charge in [-0.3, -0.25) is 4.57 Å². The van der Waals surface area contributed by atoms with E-state index in [2.05, 4.69) is 14.9 Å². The van der Waals surface area contributed by atoms with E-state index in [0.29, 0.717) is 28.2 Å². The lowest BCUT2D eigenvalue weighted by Crippen LogP contribution is -2.36. The van der Waals surface area contributed by atoms with Gasteiger partial charge in [0.05, 0.1) is 48.8 Å². The summed E-state index contributed by atoms with van der Waals surface area (Å²) in [5.74, 6) is 1.89. The maximum atomic E-state index is 10.8. The largest absolute Gasteiger partial charge is 0.494 e. The number of hydrogen-bond acceptors (Lipinski definition) is 8. The third-order valence-corrected chi connectivity index (χ3v) is 5.97. The highest BCUT2D eigenvalue weighted by Crippen LogP contribution is 2.33. The van der Waals surface area contributed by atoms with Gasteiger partial charge in [0, 0.05) is 31.0 Å². The van der Waals surface area contributed by atoms with E-state index in [0.717, 1.165) is 43.0 Å². The van der Waals surface area contributed by atoms with Crippen LogP contribution in [-0.4, -0.2) is 63.1 Å². The Bertz CT molecular complexity index is 1280. The number of aromatic nitrogens is 4. The maximum absolute atomic E-state index is 10.8. The van der Waals surface area contributed by atoms with Crippen molar-refractivity contribution in [1.82, 2.24) is 19.5 Å². The molecule has 1 fully saturated rings. The molecule has 0 radical (unpaired) electrons. The van der Waals surface area contributed by atoms with Crippen LogP contribution in [0.2, 0.25) is 0 Å². The first-order chi connectivity index (χ1) is 16.1. The average Bonchev–Trinajstić information content (AvgIpc) is 3.19. The quantitative estimate of drug-likeness (QED) is 0.481. The molecule has 4 aromatic heterocycles. The lowest BCUT2D eigenvalue weighted by Gasteiger charge is -2.30. The fourth-order valence-corrected chi connectivity index (χ4v) is 4.11. The molecule has 0 aromatic carbocycles. The van der Waals surface area contributed by atoms with Crippen molar-refractivity contribution in [2.75, 3.05) is 32.2 Å². The smallest absolute Gasteiger partial charge is 0.256 e. The van der Waals surface area contributed by atoms with Gasteiger partial charge in [-0.1, -0.05) is 0 Å². The Morgan fingerprint density at radius 1 is 1.00 bits per heavy atom. The van der Waals surface area contributed by atoms with E-state index in [-0.39, 0.29) is 12.0 Å². The summed E-state index contributed by atoms with van der Waals surface area (Å²) in [4.78, 5) is 15.7. The summed E-state index contributed by atoms with van der Waals surface area (Å²) in [5.41, 5.74) is 2.86. The molecule has 170 valence electrons. The van der Waals surface area contributed by atoms with E-state index in [9.17, 15) is 10.2 Å². The number of rotatable bonds is 5. The molecule has 0 unspecified atom stereocenters. The second-order valence-corrected chi connectivity index (χ2v) is 7.98. The molecule has 4 aromatic rings. The average molecular weight is 447 g/mol. The molecular formula is C24H25N5O4. The summed E-state index contributed by atoms with van der Waals surface area (Å²) < 4.78 is 12.2. The molecule has 0 bridgehead atoms. The van der Waals surface area contributed by atoms with Gasteiger partial charge in [0.25, 0.3) is 5.88 Å². The van der Waals surface area contributed by atoms with E-state index in [1.54, 1.807) is 37.4 Å². The summed E-state index contributed by atoms with van der Waals surface area (Å²) in [7, 11) is 3.10. The fourth-order valence-electron chi connectivity index (χ4n) is 4.11. The first-order valence-electron chi connectivity index (χ1n) is 10.8. The highest BCUT2D eigenvalue weighted by Gasteiger charge is 2.19. The summed E-state index contributed by atoms with van der Waals surface area (Å²) >= 11 is 0. The third-order valence-electron chi connectivity index (χ3n) is 5.97. The van der Waals surface area contributed by atoms with Gasteiger partial charge in [0.15, 0.2) is 5.75 Å². The summed E-state index contributed by atoms with van der Waals surface area (Å²) in [6.45, 7) is 1.56. The first-order valence-corrected chi connectivity index (χ1v) is 10.8. The number of hydrogen-bond donors (Lipinski definition) is 2. The molecule has 5 heterocycles. The van der Waals surface area contributed by atoms with Gasteiger partial charge in [-0.2, -0.15) is 0 Å². The van der Waals surface area contributed by atoms with Crippen molar-refractivity contribution in [2.24, 2.45) is 0 Å². The number of ether oxygens (including phenoxy) is 2. The monoisotopic (exact) mass is 447 g/mol. The number of nitrogens with zero attached hydrogens (tertiary/aromatic N) is 5. The minimum Gasteiger partial charge on any atom is -0.494 e. The fraction of sp³-hybridized carbons (Fsp3) is 0.292. The van der Waals surface area contributed by atoms with Crippen LogP contribution in [0.1, 0.15) is 12.8 Å². The molecule has 5 rings (SSSR count). The van der Waals surface area contributed by atoms with Gasteiger partial charge in [-0.25, -0.2) is 15.0 Å². The van der Waals surface area contributed by atoms with Crippen LogP contribution in [0.25, 0.3) is 27.8 Å². The molecule has 33 heavy (non-hydrogen) atoms. The van der Waals surface area contributed by atoms with Crippen molar-refractivity contribution in [3.63, 3.8) is 0 Å². The number of anilines is 1. The Labute approximate surface area is 190 Å². The molecule has 2 N–H and O–H groups in total. The van der Waals surface area contributed by atoms with Crippen LogP contribution in [0.15, 0.2) is 48.9 Å². The Morgan fingerprint density at radius 3 is 2.52 bits per heavy atom. The van der Waals surface area contributed by atoms with Gasteiger partial charge in [0.2, 0.25) is 5.88 Å². The van der Waals surface area contributed by atoms with Gasteiger partial charge < -0.3 is 24.6 Å². The van der Waals surface area contributed by atoms with Crippen LogP contribution in [0.4, 0.5) is 5.82 Å². The van der Waals surface area contributed by atoms with Crippen molar-refractivity contribution in [2.45, 2.75) is 18.9 Å². The molecular weight excluding hydrogens is 422 g/mol. The SMILES string of the molecule is COc1cc(-c2ccc3c(O)n(-c4ccc(N5CCC(O)CC5)nc4)cc3n2)cnc1OC. The summed E-state index contributed by atoms with van der Waals surface area (Å²) in [6, 6.07) is 9.35. The van der Waals surface area contributed by atoms with Crippen molar-refractivity contribution < 1.29 is 19.7 Å². The zero-order valence-electron chi connectivity index (χ0n) is 18.5. The molecule has 0 atom stereocenters. The highest BCUT2D eigenvalue weighted by atomic mass is 16.5. The Morgan fingerprint density at radius 2 is 1.82 bits per heavy atom. The lowest BCUT2D eigenvalue weighted by atomic mass is 10.1. The van der Waals surface area contributed by atoms with Crippen molar-refractivity contribution in [3.05, 3.63) is 48.9 Å². The van der Waals surface area contributed by atoms with E-state index in [1.807, 2.05) is 30.3 Å². The van der Waals surface area contributed by atoms with Crippen LogP contribution in [-0.2, 0) is 0 Å². The van der Waals surface area contributed by atoms with Crippen LogP contribution >= 0.6 is 0 Å². The molecule has 1 saturated heterocycles. The number of fused-ring (bicyclic) bond motifs is 1. The maximum Gasteiger partial charge on any atom is 0.256 e. The predicted molar refractivity (Wildman–Crippen MR) is 124 cm³/mol. The molecule has 0 spiro atoms. The minimum atomic E-state index is -0.225. The van der Waals surface area contributed by atoms with E-state index >= 15 is 0 Å². The zero-order chi connectivity index (χ0) is 22.9. The molecule has 0 saturated carbocycles. The van der Waals surface area contributed by atoms with Crippen LogP contribution < -0.4 is 14.4 Å². The lowest BCUT2D eigenvalue weighted by molar-refractivity contribution is 0.145. The molecule has 9 nitrogen and oxygen atoms in total. The number of aliphatic hydroxyl groups excluding tert-OH is 1. The topological polar surface area (TPSA) is 106 Å². The van der Waals surface area contributed by atoms with Crippen LogP contribution in [0, 0.1) is 0 Å². The number of piperidine rings is 1. The number of methoxy groups -OCH3 is 2. The second kappa shape index (κ2) is 8.59. The van der Waals surface area contributed by atoms with Crippen molar-refractivity contribution in [1.29, 1.82) is 0 Å². The number of pyridine rings is 3. The zero-order valence-corrected chi connectivity index (χ0v) is 18.5. The molecule has 1 aliphatic rings. The standard InChI is InChI=1S/C24H25N5O4/c1-32-21-11-15(12-26-23(21)33-2)19-5-4-18-20(27-19)14-29(24(18)31)16-3-6-22(25-13-16)28-9-7-17(30)8-10-28/h3-6,11-14,17,30-31H,7-10H2,1-2H3. The van der Waals surface area contributed by atoms with Crippen LogP contribution in [0.5, 0.6) is 17.5 Å². The molecule has 0 amide bonds. The van der Waals surface area contributed by atoms with Gasteiger partial charge in [-0.15, -0.1) is 0 Å². The normalized spacial score (nSPS) is 14.6. The molecule has 1 aliphatic heterocycles. The Balaban J connectivity index is 1.45. The number of aliphatic hydroxyl groups is 1. The van der Waals surface area contributed by atoms with Crippen molar-refractivity contribution in [3.8, 4) is 34.5 Å². The van der Waals surface area contributed by atoms with E-state index in [4.69, 9.17) is 14.5 Å². The Kier molecular flexibility index (Phi) is 5.47. The first kappa shape index (κ1) is 21.0. The molecule has 0 aliphatic carbocycles. The predicted octanol–water partition coefficient (Wildman–Crippen LogP) is 3.17. The van der Waals surface area contributed by atoms with Crippen LogP contribution in [0.3, 0.4) is 0 Å². The van der Waals surface area contributed by atoms with E-state index < -0.39 is 0 Å². The minimum absolute atomic E-state index is 0.102. The number of aromatic hydroxyl groups is 1. The van der Waals surface area contributed by atoms with Crippen molar-refractivity contribution >= 4 is 16.7 Å². The molecule has 9 heteroatoms. The Hall–Kier alpha value is -3.85. The van der Waals surface area contributed by atoms with E-state index in [1.165, 1.54) is 0 Å². The summed E-state index contributed by atoms with van der Waals surface area (Å²) in [5, 5.41) is 21.2. The third kappa shape index (κ3) is 3.91.